The van der Waals surface area contributed by atoms with Crippen molar-refractivity contribution in [1.29, 1.82) is 0 Å². The van der Waals surface area contributed by atoms with Crippen LogP contribution >= 0.6 is 0 Å². The van der Waals surface area contributed by atoms with Gasteiger partial charge in [-0.15, -0.1) is 0 Å². The standard InChI is InChI=1S/C25H20O.C24H18O.C23H16O/c1-2-3-4-9-20-16-24-22-11-10-19-14-17-7-5-6-8-18(17)15-23(19)21(22)12-13-25(24)26-20;1-2-3-8-19-15-23-21-10-9-18-13-16-6-4-5-7-17(16)14-22(18)20(21)11-12-24(23)25-19;1-2-5-18-14-22-20-9-8-17-12-15-6-3-4-7-16(15)13-21(17)19(20)10-11-23(22)24-18/h4-16H,2-3H2,1H3;3-15H,2H2,1H3;2-14H,1H3/b9-4+;8-3+;5-2+. The van der Waals surface area contributed by atoms with Crippen LogP contribution in [0.4, 0.5) is 0 Å². The summed E-state index contributed by atoms with van der Waals surface area (Å²) in [5, 5.41) is 26.5. The van der Waals surface area contributed by atoms with Gasteiger partial charge in [-0.25, -0.2) is 0 Å². The van der Waals surface area contributed by atoms with Crippen molar-refractivity contribution in [3.63, 3.8) is 0 Å². The molecule has 15 rings (SSSR count). The van der Waals surface area contributed by atoms with Gasteiger partial charge in [0, 0.05) is 16.2 Å². The predicted molar refractivity (Wildman–Crippen MR) is 324 cm³/mol. The number of hydrogen-bond acceptors (Lipinski definition) is 3. The normalized spacial score (nSPS) is 12.2. The van der Waals surface area contributed by atoms with Gasteiger partial charge in [-0.3, -0.25) is 0 Å². The Balaban J connectivity index is 0.000000108. The van der Waals surface area contributed by atoms with Gasteiger partial charge in [-0.05, 0) is 208 Å². The zero-order chi connectivity index (χ0) is 50.4. The number of benzene rings is 12. The van der Waals surface area contributed by atoms with E-state index in [0.717, 1.165) is 53.3 Å². The Bertz CT molecular complexity index is 4780. The zero-order valence-electron chi connectivity index (χ0n) is 42.4. The van der Waals surface area contributed by atoms with E-state index in [2.05, 4.69) is 238 Å². The molecule has 0 aliphatic carbocycles. The predicted octanol–water partition coefficient (Wildman–Crippen LogP) is 21.9. The quantitative estimate of drug-likeness (QED) is 0.123. The maximum atomic E-state index is 6.02. The van der Waals surface area contributed by atoms with Crippen LogP contribution < -0.4 is 0 Å². The molecule has 0 saturated carbocycles. The molecular formula is C72H54O3. The van der Waals surface area contributed by atoms with Gasteiger partial charge in [0.25, 0.3) is 0 Å². The van der Waals surface area contributed by atoms with Crippen LogP contribution in [0, 0.1) is 0 Å². The smallest absolute Gasteiger partial charge is 0.135 e. The van der Waals surface area contributed by atoms with Crippen LogP contribution in [0.15, 0.2) is 232 Å². The third-order valence-corrected chi connectivity index (χ3v) is 14.8. The first kappa shape index (κ1) is 45.7. The third-order valence-electron chi connectivity index (χ3n) is 14.8. The number of furan rings is 3. The summed E-state index contributed by atoms with van der Waals surface area (Å²) in [6.07, 6.45) is 15.7. The Kier molecular flexibility index (Phi) is 11.8. The van der Waals surface area contributed by atoms with Crippen LogP contribution in [0.2, 0.25) is 0 Å². The second-order valence-electron chi connectivity index (χ2n) is 19.6. The molecule has 3 heterocycles. The molecule has 360 valence electrons. The van der Waals surface area contributed by atoms with Crippen molar-refractivity contribution in [2.24, 2.45) is 0 Å². The maximum absolute atomic E-state index is 6.02. The van der Waals surface area contributed by atoms with Gasteiger partial charge in [0.1, 0.15) is 34.0 Å². The lowest BCUT2D eigenvalue weighted by Crippen LogP contribution is -1.80. The summed E-state index contributed by atoms with van der Waals surface area (Å²) in [7, 11) is 0. The van der Waals surface area contributed by atoms with Crippen molar-refractivity contribution in [2.75, 3.05) is 0 Å². The molecule has 0 radical (unpaired) electrons. The van der Waals surface area contributed by atoms with Crippen LogP contribution in [0.3, 0.4) is 0 Å². The fraction of sp³-hybridized carbons (Fsp3) is 0.0833. The molecular weight excluding hydrogens is 913 g/mol. The highest BCUT2D eigenvalue weighted by molar-refractivity contribution is 6.21. The maximum Gasteiger partial charge on any atom is 0.135 e. The summed E-state index contributed by atoms with van der Waals surface area (Å²) in [5.74, 6) is 2.75. The van der Waals surface area contributed by atoms with Gasteiger partial charge < -0.3 is 13.3 Å². The Morgan fingerprint density at radius 1 is 0.293 bits per heavy atom. The number of unbranched alkanes of at least 4 members (excludes halogenated alkanes) is 1. The van der Waals surface area contributed by atoms with E-state index in [-0.39, 0.29) is 0 Å². The highest BCUT2D eigenvalue weighted by atomic mass is 16.3. The fourth-order valence-corrected chi connectivity index (χ4v) is 11.1. The molecule has 0 spiro atoms. The molecule has 0 amide bonds. The molecule has 75 heavy (non-hydrogen) atoms. The Labute approximate surface area is 434 Å². The molecule has 0 unspecified atom stereocenters. The first-order valence-corrected chi connectivity index (χ1v) is 26.3. The van der Waals surface area contributed by atoms with Crippen molar-refractivity contribution < 1.29 is 13.3 Å². The Morgan fingerprint density at radius 2 is 0.613 bits per heavy atom. The van der Waals surface area contributed by atoms with Crippen LogP contribution in [0.5, 0.6) is 0 Å². The third kappa shape index (κ3) is 8.47. The molecule has 0 atom stereocenters. The topological polar surface area (TPSA) is 39.4 Å². The van der Waals surface area contributed by atoms with Crippen LogP contribution in [0.1, 0.15) is 57.3 Å². The number of hydrogen-bond donors (Lipinski definition) is 0. The SMILES string of the molecule is C/C=C/c1cc2c(ccc3c4cc5ccccc5cc4ccc23)o1.CC/C=C/c1cc2c(ccc3c4cc5ccccc5cc4ccc23)o1.CCC/C=C/c1cc2c(ccc3c4cc5ccccc5cc4ccc23)o1. The molecule has 3 aromatic heterocycles. The number of allylic oxidation sites excluding steroid dienone is 3. The van der Waals surface area contributed by atoms with E-state index in [1.54, 1.807) is 0 Å². The fourth-order valence-electron chi connectivity index (χ4n) is 11.1. The summed E-state index contributed by atoms with van der Waals surface area (Å²) in [6.45, 7) is 6.32. The first-order valence-electron chi connectivity index (χ1n) is 26.3. The van der Waals surface area contributed by atoms with Crippen molar-refractivity contribution in [3.8, 4) is 0 Å². The Morgan fingerprint density at radius 3 is 0.960 bits per heavy atom. The van der Waals surface area contributed by atoms with E-state index < -0.39 is 0 Å². The second-order valence-corrected chi connectivity index (χ2v) is 19.6. The van der Waals surface area contributed by atoms with Gasteiger partial charge in [-0.1, -0.05) is 166 Å². The van der Waals surface area contributed by atoms with Crippen LogP contribution in [0.25, 0.3) is 148 Å². The largest absolute Gasteiger partial charge is 0.457 e. The monoisotopic (exact) mass is 966 g/mol. The number of fused-ring (bicyclic) bond motifs is 18. The molecule has 0 saturated heterocycles. The molecule has 0 N–H and O–H groups in total. The molecule has 0 bridgehead atoms. The summed E-state index contributed by atoms with van der Waals surface area (Å²) >= 11 is 0. The van der Waals surface area contributed by atoms with E-state index in [1.165, 1.54) is 113 Å². The summed E-state index contributed by atoms with van der Waals surface area (Å²) in [5.41, 5.74) is 2.84. The minimum Gasteiger partial charge on any atom is -0.457 e. The minimum absolute atomic E-state index is 0.901. The van der Waals surface area contributed by atoms with Gasteiger partial charge >= 0.3 is 0 Å². The first-order chi connectivity index (χ1) is 37.0. The molecule has 0 aliphatic heterocycles. The van der Waals surface area contributed by atoms with Crippen molar-refractivity contribution in [1.82, 2.24) is 0 Å². The average Bonchev–Trinajstić information content (AvgIpc) is 4.20. The molecule has 12 aromatic carbocycles. The molecule has 3 heteroatoms. The second kappa shape index (κ2) is 19.3. The highest BCUT2D eigenvalue weighted by Gasteiger charge is 2.13. The van der Waals surface area contributed by atoms with E-state index >= 15 is 0 Å². The average molecular weight is 967 g/mol. The molecule has 3 nitrogen and oxygen atoms in total. The van der Waals surface area contributed by atoms with E-state index in [9.17, 15) is 0 Å². The van der Waals surface area contributed by atoms with Crippen LogP contribution in [-0.2, 0) is 0 Å². The lowest BCUT2D eigenvalue weighted by molar-refractivity contribution is 0.604. The lowest BCUT2D eigenvalue weighted by atomic mass is 9.97. The summed E-state index contributed by atoms with van der Waals surface area (Å²) < 4.78 is 17.9. The molecule has 0 aliphatic rings. The Hall–Kier alpha value is -9.18. The van der Waals surface area contributed by atoms with Gasteiger partial charge in [0.15, 0.2) is 0 Å². The number of rotatable bonds is 6. The highest BCUT2D eigenvalue weighted by Crippen LogP contribution is 2.38. The van der Waals surface area contributed by atoms with E-state index in [1.807, 2.05) is 19.1 Å². The van der Waals surface area contributed by atoms with Gasteiger partial charge in [-0.2, -0.15) is 0 Å². The lowest BCUT2D eigenvalue weighted by Gasteiger charge is -2.07. The molecule has 0 fully saturated rings. The zero-order valence-corrected chi connectivity index (χ0v) is 42.4. The van der Waals surface area contributed by atoms with Gasteiger partial charge in [0.2, 0.25) is 0 Å². The van der Waals surface area contributed by atoms with E-state index in [4.69, 9.17) is 13.3 Å². The van der Waals surface area contributed by atoms with Crippen LogP contribution in [-0.4, -0.2) is 0 Å². The molecule has 15 aromatic rings. The van der Waals surface area contributed by atoms with Crippen molar-refractivity contribution >= 4 is 148 Å². The van der Waals surface area contributed by atoms with Gasteiger partial charge in [0.05, 0.1) is 0 Å². The minimum atomic E-state index is 0.901. The summed E-state index contributed by atoms with van der Waals surface area (Å²) in [4.78, 5) is 0. The van der Waals surface area contributed by atoms with E-state index in [0.29, 0.717) is 0 Å². The summed E-state index contributed by atoms with van der Waals surface area (Å²) in [6, 6.07) is 71.9. The van der Waals surface area contributed by atoms with Crippen molar-refractivity contribution in [3.05, 3.63) is 236 Å². The van der Waals surface area contributed by atoms with Crippen molar-refractivity contribution in [2.45, 2.75) is 40.0 Å².